The number of carbonyl (C=O) groups is 2. The van der Waals surface area contributed by atoms with E-state index >= 15 is 0 Å². The number of aromatic hydroxyl groups is 1. The standard InChI is InChI=1S/C14H13N3O3/c1-8-2-4-10(12(18)6-8)17-14(20)9-3-5-11(13(15)19)16-7-9/h2-7,18H,1H3,(H2,15,19)(H,17,20). The topological polar surface area (TPSA) is 105 Å². The fourth-order valence-corrected chi connectivity index (χ4v) is 1.62. The van der Waals surface area contributed by atoms with Gasteiger partial charge in [0.15, 0.2) is 0 Å². The molecule has 2 aromatic rings. The summed E-state index contributed by atoms with van der Waals surface area (Å²) in [6, 6.07) is 7.72. The molecule has 1 heterocycles. The van der Waals surface area contributed by atoms with Crippen molar-refractivity contribution in [1.82, 2.24) is 4.98 Å². The third-order valence-electron chi connectivity index (χ3n) is 2.68. The van der Waals surface area contributed by atoms with Gasteiger partial charge in [0.25, 0.3) is 11.8 Å². The zero-order valence-electron chi connectivity index (χ0n) is 10.8. The van der Waals surface area contributed by atoms with Gasteiger partial charge in [0, 0.05) is 6.20 Å². The van der Waals surface area contributed by atoms with Crippen LogP contribution in [-0.4, -0.2) is 21.9 Å². The number of aryl methyl sites for hydroxylation is 1. The molecule has 0 spiro atoms. The Balaban J connectivity index is 2.17. The van der Waals surface area contributed by atoms with E-state index in [1.807, 2.05) is 6.92 Å². The summed E-state index contributed by atoms with van der Waals surface area (Å²) in [7, 11) is 0. The normalized spacial score (nSPS) is 10.1. The molecular formula is C14H13N3O3. The van der Waals surface area contributed by atoms with Gasteiger partial charge in [-0.1, -0.05) is 6.07 Å². The highest BCUT2D eigenvalue weighted by Gasteiger charge is 2.10. The number of carbonyl (C=O) groups excluding carboxylic acids is 2. The van der Waals surface area contributed by atoms with Crippen LogP contribution in [0.15, 0.2) is 36.5 Å². The second kappa shape index (κ2) is 5.40. The summed E-state index contributed by atoms with van der Waals surface area (Å²) >= 11 is 0. The van der Waals surface area contributed by atoms with Crippen molar-refractivity contribution < 1.29 is 14.7 Å². The molecule has 20 heavy (non-hydrogen) atoms. The fraction of sp³-hybridized carbons (Fsp3) is 0.0714. The molecule has 0 aliphatic rings. The zero-order chi connectivity index (χ0) is 14.7. The van der Waals surface area contributed by atoms with E-state index in [0.29, 0.717) is 5.69 Å². The van der Waals surface area contributed by atoms with Crippen LogP contribution < -0.4 is 11.1 Å². The van der Waals surface area contributed by atoms with Gasteiger partial charge >= 0.3 is 0 Å². The number of hydrogen-bond donors (Lipinski definition) is 3. The number of anilines is 1. The lowest BCUT2D eigenvalue weighted by Gasteiger charge is -2.08. The Labute approximate surface area is 115 Å². The molecule has 6 nitrogen and oxygen atoms in total. The quantitative estimate of drug-likeness (QED) is 0.734. The van der Waals surface area contributed by atoms with Crippen LogP contribution >= 0.6 is 0 Å². The Hall–Kier alpha value is -2.89. The largest absolute Gasteiger partial charge is 0.506 e. The molecule has 0 aliphatic carbocycles. The lowest BCUT2D eigenvalue weighted by molar-refractivity contribution is 0.0990. The Morgan fingerprint density at radius 2 is 2.00 bits per heavy atom. The molecule has 1 aromatic carbocycles. The van der Waals surface area contributed by atoms with Crippen LogP contribution in [0.25, 0.3) is 0 Å². The summed E-state index contributed by atoms with van der Waals surface area (Å²) in [5.41, 5.74) is 6.59. The van der Waals surface area contributed by atoms with Crippen LogP contribution in [0.1, 0.15) is 26.4 Å². The maximum absolute atomic E-state index is 12.0. The highest BCUT2D eigenvalue weighted by atomic mass is 16.3. The molecule has 0 unspecified atom stereocenters. The predicted octanol–water partition coefficient (Wildman–Crippen LogP) is 1.45. The molecule has 102 valence electrons. The van der Waals surface area contributed by atoms with Gasteiger partial charge in [-0.15, -0.1) is 0 Å². The van der Waals surface area contributed by atoms with Crippen LogP contribution in [0.5, 0.6) is 5.75 Å². The van der Waals surface area contributed by atoms with Gasteiger partial charge in [0.2, 0.25) is 0 Å². The van der Waals surface area contributed by atoms with E-state index < -0.39 is 11.8 Å². The monoisotopic (exact) mass is 271 g/mol. The summed E-state index contributed by atoms with van der Waals surface area (Å²) in [4.78, 5) is 26.6. The van der Waals surface area contributed by atoms with Crippen molar-refractivity contribution >= 4 is 17.5 Å². The van der Waals surface area contributed by atoms with Crippen molar-refractivity contribution in [2.45, 2.75) is 6.92 Å². The number of aromatic nitrogens is 1. The Morgan fingerprint density at radius 1 is 1.25 bits per heavy atom. The van der Waals surface area contributed by atoms with Crippen LogP contribution in [0, 0.1) is 6.92 Å². The lowest BCUT2D eigenvalue weighted by Crippen LogP contribution is -2.15. The maximum Gasteiger partial charge on any atom is 0.267 e. The Bertz CT molecular complexity index is 666. The van der Waals surface area contributed by atoms with Crippen molar-refractivity contribution in [2.24, 2.45) is 5.73 Å². The Kier molecular flexibility index (Phi) is 3.65. The number of benzene rings is 1. The van der Waals surface area contributed by atoms with E-state index in [4.69, 9.17) is 5.73 Å². The van der Waals surface area contributed by atoms with Crippen molar-refractivity contribution in [2.75, 3.05) is 5.32 Å². The predicted molar refractivity (Wildman–Crippen MR) is 73.6 cm³/mol. The number of hydrogen-bond acceptors (Lipinski definition) is 4. The smallest absolute Gasteiger partial charge is 0.267 e. The minimum absolute atomic E-state index is 0.0138. The van der Waals surface area contributed by atoms with Gasteiger partial charge < -0.3 is 16.2 Å². The van der Waals surface area contributed by atoms with Crippen LogP contribution in [0.2, 0.25) is 0 Å². The van der Waals surface area contributed by atoms with Gasteiger partial charge in [-0.3, -0.25) is 14.6 Å². The number of nitrogens with one attached hydrogen (secondary N) is 1. The molecule has 0 saturated carbocycles. The molecule has 4 N–H and O–H groups in total. The molecule has 0 fully saturated rings. The molecule has 0 saturated heterocycles. The van der Waals surface area contributed by atoms with Crippen molar-refractivity contribution in [3.05, 3.63) is 53.3 Å². The second-order valence-electron chi connectivity index (χ2n) is 4.27. The lowest BCUT2D eigenvalue weighted by atomic mass is 10.2. The van der Waals surface area contributed by atoms with Gasteiger partial charge in [0.1, 0.15) is 11.4 Å². The molecular weight excluding hydrogens is 258 g/mol. The first kappa shape index (κ1) is 13.5. The van der Waals surface area contributed by atoms with Crippen LogP contribution in [0.3, 0.4) is 0 Å². The molecule has 0 bridgehead atoms. The average molecular weight is 271 g/mol. The average Bonchev–Trinajstić information content (AvgIpc) is 2.42. The first-order chi connectivity index (χ1) is 9.47. The minimum atomic E-state index is -0.659. The number of primary amides is 1. The second-order valence-corrected chi connectivity index (χ2v) is 4.27. The number of rotatable bonds is 3. The molecule has 0 aliphatic heterocycles. The number of amides is 2. The number of nitrogens with zero attached hydrogens (tertiary/aromatic N) is 1. The summed E-state index contributed by atoms with van der Waals surface area (Å²) < 4.78 is 0. The molecule has 2 amide bonds. The number of nitrogens with two attached hydrogens (primary N) is 1. The van der Waals surface area contributed by atoms with Crippen LogP contribution in [0.4, 0.5) is 5.69 Å². The van der Waals surface area contributed by atoms with Gasteiger partial charge in [-0.05, 0) is 36.8 Å². The highest BCUT2D eigenvalue weighted by molar-refractivity contribution is 6.05. The van der Waals surface area contributed by atoms with Crippen molar-refractivity contribution in [3.63, 3.8) is 0 Å². The molecule has 0 radical (unpaired) electrons. The van der Waals surface area contributed by atoms with E-state index in [1.54, 1.807) is 18.2 Å². The number of phenolic OH excluding ortho intramolecular Hbond substituents is 1. The summed E-state index contributed by atoms with van der Waals surface area (Å²) in [5, 5.41) is 12.3. The van der Waals surface area contributed by atoms with Gasteiger partial charge in [-0.2, -0.15) is 0 Å². The van der Waals surface area contributed by atoms with Gasteiger partial charge in [-0.25, -0.2) is 0 Å². The van der Waals surface area contributed by atoms with Crippen molar-refractivity contribution in [1.29, 1.82) is 0 Å². The molecule has 2 rings (SSSR count). The fourth-order valence-electron chi connectivity index (χ4n) is 1.62. The number of phenols is 1. The maximum atomic E-state index is 12.0. The third-order valence-corrected chi connectivity index (χ3v) is 2.68. The van der Waals surface area contributed by atoms with E-state index in [-0.39, 0.29) is 17.0 Å². The Morgan fingerprint density at radius 3 is 2.55 bits per heavy atom. The third kappa shape index (κ3) is 2.92. The first-order valence-electron chi connectivity index (χ1n) is 5.84. The van der Waals surface area contributed by atoms with Crippen molar-refractivity contribution in [3.8, 4) is 5.75 Å². The first-order valence-corrected chi connectivity index (χ1v) is 5.84. The summed E-state index contributed by atoms with van der Waals surface area (Å²) in [6.45, 7) is 1.83. The highest BCUT2D eigenvalue weighted by Crippen LogP contribution is 2.24. The summed E-state index contributed by atoms with van der Waals surface area (Å²) in [5.74, 6) is -1.11. The number of pyridine rings is 1. The van der Waals surface area contributed by atoms with E-state index in [2.05, 4.69) is 10.3 Å². The van der Waals surface area contributed by atoms with Gasteiger partial charge in [0.05, 0.1) is 11.3 Å². The molecule has 0 atom stereocenters. The SMILES string of the molecule is Cc1ccc(NC(=O)c2ccc(C(N)=O)nc2)c(O)c1. The van der Waals surface area contributed by atoms with E-state index in [9.17, 15) is 14.7 Å². The molecule has 6 heteroatoms. The van der Waals surface area contributed by atoms with E-state index in [1.165, 1.54) is 18.3 Å². The van der Waals surface area contributed by atoms with E-state index in [0.717, 1.165) is 5.56 Å². The minimum Gasteiger partial charge on any atom is -0.506 e. The summed E-state index contributed by atoms with van der Waals surface area (Å²) in [6.07, 6.45) is 1.25. The zero-order valence-corrected chi connectivity index (χ0v) is 10.8. The van der Waals surface area contributed by atoms with Crippen LogP contribution in [-0.2, 0) is 0 Å². The molecule has 1 aromatic heterocycles.